The zero-order valence-corrected chi connectivity index (χ0v) is 12.7. The molecule has 1 rings (SSSR count). The second-order valence-corrected chi connectivity index (χ2v) is 5.58. The highest BCUT2D eigenvalue weighted by molar-refractivity contribution is 7.80. The molecule has 1 unspecified atom stereocenters. The number of thiocarbonyl (C=S) groups is 1. The molecule has 0 spiro atoms. The molecule has 3 N–H and O–H groups in total. The molecular weight excluding hydrogens is 262 g/mol. The van der Waals surface area contributed by atoms with Gasteiger partial charge in [-0.1, -0.05) is 26.1 Å². The van der Waals surface area contributed by atoms with Crippen molar-refractivity contribution in [3.63, 3.8) is 0 Å². The van der Waals surface area contributed by atoms with Gasteiger partial charge in [0.05, 0.1) is 10.4 Å². The number of likely N-dealkylation sites (N-methyl/N-ethyl adjacent to an activating group) is 1. The lowest BCUT2D eigenvalue weighted by Crippen LogP contribution is -2.55. The number of nitrogens with one attached hydrogen (secondary N) is 1. The first-order valence-corrected chi connectivity index (χ1v) is 7.13. The van der Waals surface area contributed by atoms with Gasteiger partial charge in [-0.05, 0) is 19.3 Å². The molecule has 6 heteroatoms. The first-order chi connectivity index (χ1) is 8.87. The van der Waals surface area contributed by atoms with Crippen molar-refractivity contribution in [3.05, 3.63) is 0 Å². The molecule has 0 radical (unpaired) electrons. The van der Waals surface area contributed by atoms with E-state index in [1.54, 1.807) is 11.9 Å². The Kier molecular flexibility index (Phi) is 5.29. The predicted molar refractivity (Wildman–Crippen MR) is 78.6 cm³/mol. The summed E-state index contributed by atoms with van der Waals surface area (Å²) in [5, 5.41) is 2.99. The van der Waals surface area contributed by atoms with Crippen molar-refractivity contribution in [1.82, 2.24) is 10.2 Å². The summed E-state index contributed by atoms with van der Waals surface area (Å²) in [6.45, 7) is 4.38. The topological polar surface area (TPSA) is 75.4 Å². The van der Waals surface area contributed by atoms with Crippen LogP contribution in [0.5, 0.6) is 0 Å². The number of rotatable bonds is 5. The molecule has 0 aliphatic carbocycles. The SMILES string of the molecule is CCC(CC)(C(=O)NC1CCC(=O)N(C)C1)C(N)=S. The fourth-order valence-corrected chi connectivity index (χ4v) is 2.87. The van der Waals surface area contributed by atoms with Gasteiger partial charge in [0.25, 0.3) is 0 Å². The largest absolute Gasteiger partial charge is 0.392 e. The average molecular weight is 285 g/mol. The standard InChI is InChI=1S/C13H23N3O2S/c1-4-13(5-2,11(14)19)12(18)15-9-6-7-10(17)16(3)8-9/h9H,4-8H2,1-3H3,(H2,14,19)(H,15,18). The number of piperidine rings is 1. The van der Waals surface area contributed by atoms with Crippen molar-refractivity contribution in [1.29, 1.82) is 0 Å². The lowest BCUT2D eigenvalue weighted by molar-refractivity contribution is -0.135. The number of carbonyl (C=O) groups is 2. The van der Waals surface area contributed by atoms with Crippen LogP contribution in [0.3, 0.4) is 0 Å². The number of hydrogen-bond acceptors (Lipinski definition) is 3. The fraction of sp³-hybridized carbons (Fsp3) is 0.769. The second-order valence-electron chi connectivity index (χ2n) is 5.14. The van der Waals surface area contributed by atoms with Crippen LogP contribution in [0.15, 0.2) is 0 Å². The van der Waals surface area contributed by atoms with Gasteiger partial charge < -0.3 is 16.0 Å². The molecule has 1 heterocycles. The van der Waals surface area contributed by atoms with Crippen LogP contribution < -0.4 is 11.1 Å². The van der Waals surface area contributed by atoms with Crippen molar-refractivity contribution in [2.24, 2.45) is 11.1 Å². The Morgan fingerprint density at radius 2 is 2.11 bits per heavy atom. The Bertz CT molecular complexity index is 380. The lowest BCUT2D eigenvalue weighted by Gasteiger charge is -2.35. The van der Waals surface area contributed by atoms with Gasteiger partial charge in [0.15, 0.2) is 0 Å². The van der Waals surface area contributed by atoms with Crippen molar-refractivity contribution in [3.8, 4) is 0 Å². The van der Waals surface area contributed by atoms with Gasteiger partial charge in [0.2, 0.25) is 11.8 Å². The monoisotopic (exact) mass is 285 g/mol. The zero-order chi connectivity index (χ0) is 14.6. The molecule has 2 amide bonds. The molecule has 5 nitrogen and oxygen atoms in total. The molecule has 108 valence electrons. The summed E-state index contributed by atoms with van der Waals surface area (Å²) in [5.41, 5.74) is 4.99. The van der Waals surface area contributed by atoms with Gasteiger partial charge in [-0.25, -0.2) is 0 Å². The van der Waals surface area contributed by atoms with E-state index in [4.69, 9.17) is 18.0 Å². The van der Waals surface area contributed by atoms with E-state index in [1.165, 1.54) is 0 Å². The normalized spacial score (nSPS) is 20.3. The highest BCUT2D eigenvalue weighted by Crippen LogP contribution is 2.27. The van der Waals surface area contributed by atoms with E-state index < -0.39 is 5.41 Å². The minimum Gasteiger partial charge on any atom is -0.392 e. The number of amides is 2. The summed E-state index contributed by atoms with van der Waals surface area (Å²) < 4.78 is 0. The number of nitrogens with zero attached hydrogens (tertiary/aromatic N) is 1. The number of hydrogen-bond donors (Lipinski definition) is 2. The summed E-state index contributed by atoms with van der Waals surface area (Å²) in [4.78, 5) is 25.8. The Morgan fingerprint density at radius 3 is 2.53 bits per heavy atom. The first-order valence-electron chi connectivity index (χ1n) is 6.72. The minimum absolute atomic E-state index is 0.0120. The molecule has 0 aromatic rings. The summed E-state index contributed by atoms with van der Waals surface area (Å²) in [7, 11) is 1.75. The third-order valence-corrected chi connectivity index (χ3v) is 4.47. The average Bonchev–Trinajstić information content (AvgIpc) is 2.35. The number of likely N-dealkylation sites (tertiary alicyclic amines) is 1. The van der Waals surface area contributed by atoms with Crippen molar-refractivity contribution in [2.75, 3.05) is 13.6 Å². The van der Waals surface area contributed by atoms with Crippen LogP contribution in [-0.2, 0) is 9.59 Å². The maximum Gasteiger partial charge on any atom is 0.233 e. The molecule has 0 saturated carbocycles. The van der Waals surface area contributed by atoms with E-state index in [0.717, 1.165) is 0 Å². The highest BCUT2D eigenvalue weighted by atomic mass is 32.1. The zero-order valence-electron chi connectivity index (χ0n) is 11.9. The van der Waals surface area contributed by atoms with Crippen molar-refractivity contribution < 1.29 is 9.59 Å². The number of nitrogens with two attached hydrogens (primary N) is 1. The molecule has 1 fully saturated rings. The van der Waals surface area contributed by atoms with Crippen LogP contribution in [0.2, 0.25) is 0 Å². The van der Waals surface area contributed by atoms with Crippen LogP contribution in [-0.4, -0.2) is 41.3 Å². The Hall–Kier alpha value is -1.17. The van der Waals surface area contributed by atoms with E-state index >= 15 is 0 Å². The Labute approximate surface area is 119 Å². The highest BCUT2D eigenvalue weighted by Gasteiger charge is 2.39. The molecule has 0 aromatic heterocycles. The molecule has 19 heavy (non-hydrogen) atoms. The quantitative estimate of drug-likeness (QED) is 0.733. The van der Waals surface area contributed by atoms with Gasteiger partial charge in [0, 0.05) is 26.1 Å². The molecule has 1 atom stereocenters. The van der Waals surface area contributed by atoms with E-state index in [-0.39, 0.29) is 22.8 Å². The van der Waals surface area contributed by atoms with Crippen LogP contribution in [0.25, 0.3) is 0 Å². The maximum atomic E-state index is 12.4. The third kappa shape index (κ3) is 3.23. The van der Waals surface area contributed by atoms with E-state index in [1.807, 2.05) is 13.8 Å². The van der Waals surface area contributed by atoms with Crippen molar-refractivity contribution in [2.45, 2.75) is 45.6 Å². The Morgan fingerprint density at radius 1 is 1.53 bits per heavy atom. The van der Waals surface area contributed by atoms with Crippen LogP contribution >= 0.6 is 12.2 Å². The van der Waals surface area contributed by atoms with E-state index in [2.05, 4.69) is 5.32 Å². The smallest absolute Gasteiger partial charge is 0.233 e. The summed E-state index contributed by atoms with van der Waals surface area (Å²) >= 11 is 5.07. The minimum atomic E-state index is -0.768. The van der Waals surface area contributed by atoms with Gasteiger partial charge >= 0.3 is 0 Å². The predicted octanol–water partition coefficient (Wildman–Crippen LogP) is 0.816. The molecular formula is C13H23N3O2S. The van der Waals surface area contributed by atoms with Gasteiger partial charge in [-0.2, -0.15) is 0 Å². The van der Waals surface area contributed by atoms with Gasteiger partial charge in [0.1, 0.15) is 0 Å². The summed E-state index contributed by atoms with van der Waals surface area (Å²) in [5.74, 6) is 0.00911. The molecule has 1 saturated heterocycles. The molecule has 0 bridgehead atoms. The molecule has 1 aliphatic rings. The lowest BCUT2D eigenvalue weighted by atomic mass is 9.81. The fourth-order valence-electron chi connectivity index (χ4n) is 2.49. The summed E-state index contributed by atoms with van der Waals surface area (Å²) in [6, 6.07) is -0.0120. The van der Waals surface area contributed by atoms with Crippen LogP contribution in [0.4, 0.5) is 0 Å². The third-order valence-electron chi connectivity index (χ3n) is 4.08. The number of carbonyl (C=O) groups excluding carboxylic acids is 2. The first kappa shape index (κ1) is 15.9. The van der Waals surface area contributed by atoms with Crippen LogP contribution in [0, 0.1) is 5.41 Å². The van der Waals surface area contributed by atoms with Gasteiger partial charge in [-0.15, -0.1) is 0 Å². The van der Waals surface area contributed by atoms with Gasteiger partial charge in [-0.3, -0.25) is 9.59 Å². The van der Waals surface area contributed by atoms with Crippen molar-refractivity contribution >= 4 is 29.0 Å². The molecule has 0 aromatic carbocycles. The Balaban J connectivity index is 2.73. The molecule has 1 aliphatic heterocycles. The van der Waals surface area contributed by atoms with E-state index in [9.17, 15) is 9.59 Å². The maximum absolute atomic E-state index is 12.4. The van der Waals surface area contributed by atoms with E-state index in [0.29, 0.717) is 32.2 Å². The summed E-state index contributed by atoms with van der Waals surface area (Å²) in [6.07, 6.45) is 2.33. The second kappa shape index (κ2) is 6.32. The van der Waals surface area contributed by atoms with Crippen LogP contribution in [0.1, 0.15) is 39.5 Å².